The van der Waals surface area contributed by atoms with Crippen molar-refractivity contribution in [1.82, 2.24) is 5.32 Å². The fourth-order valence-corrected chi connectivity index (χ4v) is 2.82. The van der Waals surface area contributed by atoms with E-state index in [1.165, 1.54) is 0 Å². The van der Waals surface area contributed by atoms with Crippen LogP contribution in [0.25, 0.3) is 0 Å². The topological polar surface area (TPSA) is 75.7 Å². The molecule has 0 aromatic heterocycles. The number of methoxy groups -OCH3 is 1. The molecule has 1 N–H and O–H groups in total. The Kier molecular flexibility index (Phi) is 6.94. The van der Waals surface area contributed by atoms with Gasteiger partial charge in [-0.1, -0.05) is 23.7 Å². The van der Waals surface area contributed by atoms with Crippen LogP contribution in [0.2, 0.25) is 5.02 Å². The van der Waals surface area contributed by atoms with E-state index in [2.05, 4.69) is 5.32 Å². The zero-order valence-electron chi connectivity index (χ0n) is 12.0. The number of halogens is 1. The van der Waals surface area contributed by atoms with Gasteiger partial charge in [-0.2, -0.15) is 0 Å². The van der Waals surface area contributed by atoms with E-state index in [-0.39, 0.29) is 17.3 Å². The van der Waals surface area contributed by atoms with Crippen LogP contribution in [-0.4, -0.2) is 47.4 Å². The Bertz CT molecular complexity index is 577. The summed E-state index contributed by atoms with van der Waals surface area (Å²) in [5.74, 6) is -0.392. The van der Waals surface area contributed by atoms with Crippen LogP contribution in [-0.2, 0) is 19.6 Å². The smallest absolute Gasteiger partial charge is 0.240 e. The van der Waals surface area contributed by atoms with Crippen molar-refractivity contribution in [2.24, 2.45) is 0 Å². The lowest BCUT2D eigenvalue weighted by Gasteiger charge is -2.22. The first-order valence-corrected chi connectivity index (χ1v) is 8.56. The number of sulfonamides is 1. The summed E-state index contributed by atoms with van der Waals surface area (Å²) in [5, 5.41) is 2.91. The minimum absolute atomic E-state index is 0.273. The second-order valence-corrected chi connectivity index (χ2v) is 6.73. The average Bonchev–Trinajstić information content (AvgIpc) is 2.41. The number of carbonyl (C=O) groups is 1. The SMILES string of the molecule is COCCCNC(=O)CN(c1ccccc1Cl)S(C)(=O)=O. The van der Waals surface area contributed by atoms with Crippen LogP contribution >= 0.6 is 11.6 Å². The number of amides is 1. The maximum absolute atomic E-state index is 11.9. The minimum Gasteiger partial charge on any atom is -0.385 e. The van der Waals surface area contributed by atoms with Gasteiger partial charge in [-0.05, 0) is 18.6 Å². The molecule has 0 bridgehead atoms. The van der Waals surface area contributed by atoms with Gasteiger partial charge in [0, 0.05) is 20.3 Å². The summed E-state index contributed by atoms with van der Waals surface area (Å²) in [4.78, 5) is 11.8. The standard InChI is InChI=1S/C13H19ClN2O4S/c1-20-9-5-8-15-13(17)10-16(21(2,18)19)12-7-4-3-6-11(12)14/h3-4,6-7H,5,8-10H2,1-2H3,(H,15,17). The van der Waals surface area contributed by atoms with Crippen molar-refractivity contribution >= 4 is 33.2 Å². The molecular weight excluding hydrogens is 316 g/mol. The maximum atomic E-state index is 11.9. The molecule has 0 aliphatic carbocycles. The van der Waals surface area contributed by atoms with Crippen molar-refractivity contribution in [2.45, 2.75) is 6.42 Å². The quantitative estimate of drug-likeness (QED) is 0.726. The number of ether oxygens (including phenoxy) is 1. The third-order valence-electron chi connectivity index (χ3n) is 2.66. The first kappa shape index (κ1) is 17.7. The van der Waals surface area contributed by atoms with Crippen LogP contribution in [0.3, 0.4) is 0 Å². The molecule has 0 saturated heterocycles. The van der Waals surface area contributed by atoms with Gasteiger partial charge < -0.3 is 10.1 Å². The highest BCUT2D eigenvalue weighted by atomic mass is 35.5. The molecule has 0 aliphatic rings. The maximum Gasteiger partial charge on any atom is 0.240 e. The second-order valence-electron chi connectivity index (χ2n) is 4.42. The van der Waals surface area contributed by atoms with Gasteiger partial charge in [0.2, 0.25) is 15.9 Å². The van der Waals surface area contributed by atoms with Crippen LogP contribution in [0.4, 0.5) is 5.69 Å². The molecule has 1 amide bonds. The normalized spacial score (nSPS) is 11.2. The summed E-state index contributed by atoms with van der Waals surface area (Å²) < 4.78 is 29.6. The lowest BCUT2D eigenvalue weighted by atomic mass is 10.3. The molecule has 0 unspecified atom stereocenters. The summed E-state index contributed by atoms with van der Waals surface area (Å²) in [5.41, 5.74) is 0.286. The number of carbonyl (C=O) groups excluding carboxylic acids is 1. The molecule has 0 atom stereocenters. The van der Waals surface area contributed by atoms with E-state index in [0.717, 1.165) is 10.6 Å². The summed E-state index contributed by atoms with van der Waals surface area (Å²) >= 11 is 6.00. The van der Waals surface area contributed by atoms with Gasteiger partial charge >= 0.3 is 0 Å². The first-order valence-electron chi connectivity index (χ1n) is 6.34. The summed E-state index contributed by atoms with van der Waals surface area (Å²) in [6, 6.07) is 6.49. The highest BCUT2D eigenvalue weighted by Crippen LogP contribution is 2.26. The molecule has 1 aromatic carbocycles. The van der Waals surface area contributed by atoms with Gasteiger partial charge in [0.15, 0.2) is 0 Å². The Hall–Kier alpha value is -1.31. The van der Waals surface area contributed by atoms with Crippen molar-refractivity contribution in [1.29, 1.82) is 0 Å². The van der Waals surface area contributed by atoms with E-state index in [0.29, 0.717) is 19.6 Å². The monoisotopic (exact) mass is 334 g/mol. The van der Waals surface area contributed by atoms with Gasteiger partial charge in [-0.3, -0.25) is 9.10 Å². The lowest BCUT2D eigenvalue weighted by Crippen LogP contribution is -2.40. The Labute approximate surface area is 130 Å². The van der Waals surface area contributed by atoms with E-state index in [4.69, 9.17) is 16.3 Å². The van der Waals surface area contributed by atoms with Crippen molar-refractivity contribution in [3.63, 3.8) is 0 Å². The zero-order valence-corrected chi connectivity index (χ0v) is 13.6. The predicted octanol–water partition coefficient (Wildman–Crippen LogP) is 1.26. The highest BCUT2D eigenvalue weighted by Gasteiger charge is 2.22. The summed E-state index contributed by atoms with van der Waals surface area (Å²) in [7, 11) is -2.03. The van der Waals surface area contributed by atoms with E-state index in [1.807, 2.05) is 0 Å². The highest BCUT2D eigenvalue weighted by molar-refractivity contribution is 7.92. The van der Waals surface area contributed by atoms with Gasteiger partial charge in [-0.25, -0.2) is 8.42 Å². The van der Waals surface area contributed by atoms with Crippen LogP contribution in [0, 0.1) is 0 Å². The number of benzene rings is 1. The Morgan fingerprint density at radius 3 is 2.62 bits per heavy atom. The number of nitrogens with one attached hydrogen (secondary N) is 1. The number of rotatable bonds is 8. The molecule has 0 fully saturated rings. The molecule has 0 saturated carbocycles. The summed E-state index contributed by atoms with van der Waals surface area (Å²) in [6.07, 6.45) is 1.70. The molecule has 1 aromatic rings. The number of para-hydroxylation sites is 1. The van der Waals surface area contributed by atoms with Crippen LogP contribution in [0.1, 0.15) is 6.42 Å². The van der Waals surface area contributed by atoms with Crippen LogP contribution in [0.15, 0.2) is 24.3 Å². The zero-order chi connectivity index (χ0) is 15.9. The molecule has 21 heavy (non-hydrogen) atoms. The number of hydrogen-bond acceptors (Lipinski definition) is 4. The van der Waals surface area contributed by atoms with Gasteiger partial charge in [0.1, 0.15) is 6.54 Å². The molecule has 8 heteroatoms. The lowest BCUT2D eigenvalue weighted by molar-refractivity contribution is -0.119. The third-order valence-corrected chi connectivity index (χ3v) is 4.10. The van der Waals surface area contributed by atoms with Crippen LogP contribution in [0.5, 0.6) is 0 Å². The van der Waals surface area contributed by atoms with Crippen molar-refractivity contribution in [2.75, 3.05) is 37.4 Å². The molecule has 0 heterocycles. The molecule has 0 radical (unpaired) electrons. The van der Waals surface area contributed by atoms with E-state index < -0.39 is 15.9 Å². The number of anilines is 1. The second kappa shape index (κ2) is 8.21. The average molecular weight is 335 g/mol. The largest absolute Gasteiger partial charge is 0.385 e. The van der Waals surface area contributed by atoms with E-state index in [1.54, 1.807) is 31.4 Å². The van der Waals surface area contributed by atoms with Gasteiger partial charge in [0.25, 0.3) is 0 Å². The van der Waals surface area contributed by atoms with Crippen LogP contribution < -0.4 is 9.62 Å². The molecule has 1 rings (SSSR count). The Balaban J connectivity index is 2.78. The molecule has 118 valence electrons. The third kappa shape index (κ3) is 5.91. The number of hydrogen-bond donors (Lipinski definition) is 1. The molecule has 0 spiro atoms. The van der Waals surface area contributed by atoms with Crippen molar-refractivity contribution < 1.29 is 17.9 Å². The minimum atomic E-state index is -3.61. The van der Waals surface area contributed by atoms with Crippen molar-refractivity contribution in [3.8, 4) is 0 Å². The molecule has 0 aliphatic heterocycles. The predicted molar refractivity (Wildman–Crippen MR) is 83.1 cm³/mol. The Morgan fingerprint density at radius 1 is 1.38 bits per heavy atom. The summed E-state index contributed by atoms with van der Waals surface area (Å²) in [6.45, 7) is 0.642. The number of nitrogens with zero attached hydrogens (tertiary/aromatic N) is 1. The van der Waals surface area contributed by atoms with Gasteiger partial charge in [0.05, 0.1) is 17.0 Å². The molecule has 6 nitrogen and oxygen atoms in total. The van der Waals surface area contributed by atoms with Gasteiger partial charge in [-0.15, -0.1) is 0 Å². The van der Waals surface area contributed by atoms with Crippen molar-refractivity contribution in [3.05, 3.63) is 29.3 Å². The van der Waals surface area contributed by atoms with E-state index in [9.17, 15) is 13.2 Å². The fourth-order valence-electron chi connectivity index (χ4n) is 1.67. The fraction of sp³-hybridized carbons (Fsp3) is 0.462. The van der Waals surface area contributed by atoms with E-state index >= 15 is 0 Å². The Morgan fingerprint density at radius 2 is 2.05 bits per heavy atom. The molecular formula is C13H19ClN2O4S. The first-order chi connectivity index (χ1) is 9.86.